The number of aliphatic hydroxyl groups excluding tert-OH is 1. The number of nitrogens with zero attached hydrogens (tertiary/aromatic N) is 1. The van der Waals surface area contributed by atoms with Crippen molar-refractivity contribution in [3.8, 4) is 5.75 Å². The average molecular weight is 547 g/mol. The lowest BCUT2D eigenvalue weighted by Crippen LogP contribution is -2.35. The quantitative estimate of drug-likeness (QED) is 0.0994. The van der Waals surface area contributed by atoms with Gasteiger partial charge in [0.05, 0.1) is 13.2 Å². The molecule has 0 unspecified atom stereocenters. The number of hydrogen-bond acceptors (Lipinski definition) is 6. The molecule has 10 heteroatoms. The summed E-state index contributed by atoms with van der Waals surface area (Å²) in [6, 6.07) is 7.84. The Morgan fingerprint density at radius 1 is 0.892 bits per heavy atom. The van der Waals surface area contributed by atoms with E-state index in [9.17, 15) is 9.36 Å². The molecule has 0 bridgehead atoms. The van der Waals surface area contributed by atoms with E-state index in [0.29, 0.717) is 26.0 Å². The molecular formula is C27H51N2O7P. The first-order chi connectivity index (χ1) is 17.4. The number of carbonyl (C=O) groups is 1. The third kappa shape index (κ3) is 20.2. The molecule has 0 saturated carbocycles. The summed E-state index contributed by atoms with van der Waals surface area (Å²) >= 11 is 0. The summed E-state index contributed by atoms with van der Waals surface area (Å²) in [6.45, 7) is 3.50. The Kier molecular flexibility index (Phi) is 21.6. The van der Waals surface area contributed by atoms with E-state index in [4.69, 9.17) is 19.6 Å². The van der Waals surface area contributed by atoms with Crippen LogP contribution in [0.5, 0.6) is 5.75 Å². The van der Waals surface area contributed by atoms with Gasteiger partial charge in [-0.25, -0.2) is 4.57 Å². The number of unbranched alkanes of at least 4 members (excludes halogenated alkanes) is 10. The summed E-state index contributed by atoms with van der Waals surface area (Å²) in [4.78, 5) is 32.3. The number of aliphatic hydroxyl groups is 1. The van der Waals surface area contributed by atoms with Gasteiger partial charge >= 0.3 is 7.82 Å². The summed E-state index contributed by atoms with van der Waals surface area (Å²) in [5.41, 5.74) is 1.02. The molecule has 0 saturated heterocycles. The number of hydrogen-bond donors (Lipinski definition) is 4. The maximum absolute atomic E-state index is 12.8. The molecule has 0 aliphatic heterocycles. The smallest absolute Gasteiger partial charge is 0.469 e. The average Bonchev–Trinajstić information content (AvgIpc) is 2.84. The van der Waals surface area contributed by atoms with E-state index < -0.39 is 7.82 Å². The first kappa shape index (κ1) is 35.5. The Bertz CT molecular complexity index is 745. The minimum absolute atomic E-state index is 0. The van der Waals surface area contributed by atoms with Crippen LogP contribution in [0.3, 0.4) is 0 Å². The molecule has 0 atom stereocenters. The SMILES string of the molecule is CCCCCCCCCCOc1cccc(CCC(=O)N(CCCCCCO)CCOP(=O)(O)O)c1.N. The van der Waals surface area contributed by atoms with E-state index in [-0.39, 0.29) is 31.8 Å². The van der Waals surface area contributed by atoms with Crippen LogP contribution >= 0.6 is 7.82 Å². The Morgan fingerprint density at radius 3 is 2.22 bits per heavy atom. The zero-order valence-corrected chi connectivity index (χ0v) is 23.7. The first-order valence-electron chi connectivity index (χ1n) is 13.7. The van der Waals surface area contributed by atoms with Crippen molar-refractivity contribution in [3.05, 3.63) is 29.8 Å². The maximum Gasteiger partial charge on any atom is 0.469 e. The molecule has 1 amide bonds. The predicted molar refractivity (Wildman–Crippen MR) is 148 cm³/mol. The molecular weight excluding hydrogens is 495 g/mol. The fourth-order valence-corrected chi connectivity index (χ4v) is 4.34. The summed E-state index contributed by atoms with van der Waals surface area (Å²) in [7, 11) is -4.56. The predicted octanol–water partition coefficient (Wildman–Crippen LogP) is 5.79. The van der Waals surface area contributed by atoms with Crippen LogP contribution in [0.4, 0.5) is 0 Å². The van der Waals surface area contributed by atoms with E-state index in [1.165, 1.54) is 44.9 Å². The Morgan fingerprint density at radius 2 is 1.54 bits per heavy atom. The first-order valence-corrected chi connectivity index (χ1v) is 15.2. The second-order valence-corrected chi connectivity index (χ2v) is 10.6. The molecule has 0 spiro atoms. The monoisotopic (exact) mass is 546 g/mol. The van der Waals surface area contributed by atoms with E-state index in [1.54, 1.807) is 4.90 Å². The number of phosphoric ester groups is 1. The van der Waals surface area contributed by atoms with E-state index in [0.717, 1.165) is 43.4 Å². The summed E-state index contributed by atoms with van der Waals surface area (Å²) in [5.74, 6) is 0.746. The van der Waals surface area contributed by atoms with Gasteiger partial charge in [0.25, 0.3) is 0 Å². The van der Waals surface area contributed by atoms with Gasteiger partial charge in [-0.1, -0.05) is 76.8 Å². The Balaban J connectivity index is 0.0000130. The number of phosphoric acid groups is 1. The fraction of sp³-hybridized carbons (Fsp3) is 0.741. The maximum atomic E-state index is 12.8. The van der Waals surface area contributed by atoms with E-state index in [2.05, 4.69) is 11.4 Å². The lowest BCUT2D eigenvalue weighted by molar-refractivity contribution is -0.131. The molecule has 0 heterocycles. The minimum Gasteiger partial charge on any atom is -0.494 e. The van der Waals surface area contributed by atoms with Crippen LogP contribution in [0.15, 0.2) is 24.3 Å². The standard InChI is InChI=1S/C27H48NO7P.H3N/c1-2-3-4-5-6-7-10-13-22-34-26-16-14-15-25(24-26)17-18-27(30)28(19-11-8-9-12-21-29)20-23-35-36(31,32)33;/h14-16,24,29H,2-13,17-23H2,1H3,(H2,31,32,33);1H3. The van der Waals surface area contributed by atoms with Gasteiger partial charge in [0.2, 0.25) is 5.91 Å². The minimum atomic E-state index is -4.56. The second-order valence-electron chi connectivity index (χ2n) is 9.31. The summed E-state index contributed by atoms with van der Waals surface area (Å²) in [6.07, 6.45) is 14.2. The van der Waals surface area contributed by atoms with Crippen LogP contribution in [0.1, 0.15) is 96.0 Å². The fourth-order valence-electron chi connectivity index (χ4n) is 4.03. The van der Waals surface area contributed by atoms with E-state index >= 15 is 0 Å². The largest absolute Gasteiger partial charge is 0.494 e. The van der Waals surface area contributed by atoms with Gasteiger partial charge in [0.1, 0.15) is 5.75 Å². The lowest BCUT2D eigenvalue weighted by atomic mass is 10.1. The molecule has 1 aromatic carbocycles. The number of amides is 1. The molecule has 0 aromatic heterocycles. The molecule has 9 nitrogen and oxygen atoms in total. The Hall–Kier alpha value is -1.48. The van der Waals surface area contributed by atoms with Crippen LogP contribution in [-0.2, 0) is 20.3 Å². The highest BCUT2D eigenvalue weighted by Crippen LogP contribution is 2.35. The third-order valence-corrected chi connectivity index (χ3v) is 6.62. The number of carbonyl (C=O) groups excluding carboxylic acids is 1. The molecule has 216 valence electrons. The van der Waals surface area contributed by atoms with Crippen molar-refractivity contribution in [1.29, 1.82) is 0 Å². The van der Waals surface area contributed by atoms with E-state index in [1.807, 2.05) is 24.3 Å². The van der Waals surface area contributed by atoms with Gasteiger partial charge in [0.15, 0.2) is 0 Å². The van der Waals surface area contributed by atoms with Gasteiger partial charge in [-0.3, -0.25) is 9.32 Å². The van der Waals surface area contributed by atoms with Gasteiger partial charge < -0.3 is 30.7 Å². The van der Waals surface area contributed by atoms with Gasteiger partial charge in [0, 0.05) is 26.1 Å². The van der Waals surface area contributed by atoms with Crippen molar-refractivity contribution in [2.24, 2.45) is 0 Å². The molecule has 1 aromatic rings. The highest BCUT2D eigenvalue weighted by atomic mass is 31.2. The van der Waals surface area contributed by atoms with Crippen LogP contribution in [0.2, 0.25) is 0 Å². The zero-order chi connectivity index (χ0) is 26.5. The van der Waals surface area contributed by atoms with Crippen LogP contribution in [-0.4, -0.2) is 58.6 Å². The highest BCUT2D eigenvalue weighted by molar-refractivity contribution is 7.46. The van der Waals surface area contributed by atoms with Crippen molar-refractivity contribution in [3.63, 3.8) is 0 Å². The number of ether oxygens (including phenoxy) is 1. The molecule has 1 rings (SSSR count). The third-order valence-electron chi connectivity index (χ3n) is 6.10. The lowest BCUT2D eigenvalue weighted by Gasteiger charge is -2.23. The highest BCUT2D eigenvalue weighted by Gasteiger charge is 2.17. The molecule has 0 aliphatic rings. The number of benzene rings is 1. The van der Waals surface area contributed by atoms with Gasteiger partial charge in [-0.15, -0.1) is 0 Å². The molecule has 0 radical (unpaired) electrons. The molecule has 0 aliphatic carbocycles. The van der Waals surface area contributed by atoms with Crippen molar-refractivity contribution in [2.75, 3.05) is 32.9 Å². The molecule has 37 heavy (non-hydrogen) atoms. The second kappa shape index (κ2) is 22.5. The topological polar surface area (TPSA) is 152 Å². The van der Waals surface area contributed by atoms with Crippen molar-refractivity contribution < 1.29 is 33.5 Å². The summed E-state index contributed by atoms with van der Waals surface area (Å²) in [5, 5.41) is 8.90. The molecule has 6 N–H and O–H groups in total. The van der Waals surface area contributed by atoms with Crippen LogP contribution in [0, 0.1) is 0 Å². The number of rotatable bonds is 23. The van der Waals surface area contributed by atoms with Gasteiger partial charge in [-0.2, -0.15) is 0 Å². The van der Waals surface area contributed by atoms with Crippen molar-refractivity contribution in [1.82, 2.24) is 11.1 Å². The number of aryl methyl sites for hydroxylation is 1. The van der Waals surface area contributed by atoms with Crippen LogP contribution < -0.4 is 10.9 Å². The van der Waals surface area contributed by atoms with Crippen molar-refractivity contribution in [2.45, 2.75) is 96.8 Å². The zero-order valence-electron chi connectivity index (χ0n) is 22.8. The van der Waals surface area contributed by atoms with Gasteiger partial charge in [-0.05, 0) is 43.4 Å². The van der Waals surface area contributed by atoms with Crippen molar-refractivity contribution >= 4 is 13.7 Å². The normalized spacial score (nSPS) is 11.2. The summed E-state index contributed by atoms with van der Waals surface area (Å²) < 4.78 is 21.4. The molecule has 0 fully saturated rings. The Labute approximate surface area is 223 Å². The van der Waals surface area contributed by atoms with Crippen LogP contribution in [0.25, 0.3) is 0 Å².